The zero-order chi connectivity index (χ0) is 19.0. The zero-order valence-corrected chi connectivity index (χ0v) is 15.8. The highest BCUT2D eigenvalue weighted by Gasteiger charge is 2.14. The van der Waals surface area contributed by atoms with Crippen LogP contribution < -0.4 is 5.32 Å². The topological polar surface area (TPSA) is 46.4 Å². The molecule has 0 aliphatic heterocycles. The van der Waals surface area contributed by atoms with Gasteiger partial charge in [0.15, 0.2) is 4.96 Å². The van der Waals surface area contributed by atoms with Crippen molar-refractivity contribution in [2.45, 2.75) is 20.4 Å². The van der Waals surface area contributed by atoms with E-state index in [1.165, 1.54) is 12.1 Å². The number of aromatic nitrogens is 2. The van der Waals surface area contributed by atoms with E-state index in [0.717, 1.165) is 32.4 Å². The van der Waals surface area contributed by atoms with E-state index in [2.05, 4.69) is 10.3 Å². The largest absolute Gasteiger partial charge is 0.347 e. The van der Waals surface area contributed by atoms with Crippen LogP contribution in [0.4, 0.5) is 4.39 Å². The standard InChI is InChI=1S/C21H18FN3OS/c1-13-3-5-16(6-4-13)20(26)23-11-19-14(2)25-12-18(24-21(25)27-19)15-7-9-17(22)10-8-15/h3-10,12H,11H2,1-2H3,(H,23,26). The van der Waals surface area contributed by atoms with E-state index in [4.69, 9.17) is 0 Å². The number of hydrogen-bond donors (Lipinski definition) is 1. The van der Waals surface area contributed by atoms with E-state index in [1.54, 1.807) is 23.5 Å². The van der Waals surface area contributed by atoms with Gasteiger partial charge in [-0.15, -0.1) is 0 Å². The van der Waals surface area contributed by atoms with Crippen LogP contribution in [0, 0.1) is 19.7 Å². The second-order valence-corrected chi connectivity index (χ2v) is 7.51. The average Bonchev–Trinajstić information content (AvgIpc) is 3.20. The molecule has 0 saturated carbocycles. The first-order valence-corrected chi connectivity index (χ1v) is 9.41. The van der Waals surface area contributed by atoms with Crippen LogP contribution in [0.5, 0.6) is 0 Å². The summed E-state index contributed by atoms with van der Waals surface area (Å²) in [6, 6.07) is 13.8. The van der Waals surface area contributed by atoms with Gasteiger partial charge < -0.3 is 5.32 Å². The molecule has 27 heavy (non-hydrogen) atoms. The van der Waals surface area contributed by atoms with Crippen LogP contribution in [0.1, 0.15) is 26.5 Å². The predicted octanol–water partition coefficient (Wildman–Crippen LogP) is 4.75. The highest BCUT2D eigenvalue weighted by molar-refractivity contribution is 7.17. The number of hydrogen-bond acceptors (Lipinski definition) is 3. The Kier molecular flexibility index (Phi) is 4.49. The fraction of sp³-hybridized carbons (Fsp3) is 0.143. The maximum absolute atomic E-state index is 13.1. The van der Waals surface area contributed by atoms with Crippen molar-refractivity contribution >= 4 is 22.2 Å². The molecule has 0 atom stereocenters. The lowest BCUT2D eigenvalue weighted by atomic mass is 10.1. The van der Waals surface area contributed by atoms with Crippen molar-refractivity contribution in [1.29, 1.82) is 0 Å². The van der Waals surface area contributed by atoms with Crippen LogP contribution in [0.25, 0.3) is 16.2 Å². The first-order valence-electron chi connectivity index (χ1n) is 8.59. The van der Waals surface area contributed by atoms with Gasteiger partial charge in [-0.2, -0.15) is 0 Å². The summed E-state index contributed by atoms with van der Waals surface area (Å²) >= 11 is 1.55. The second-order valence-electron chi connectivity index (χ2n) is 6.44. The Balaban J connectivity index is 1.52. The van der Waals surface area contributed by atoms with Gasteiger partial charge in [-0.25, -0.2) is 9.37 Å². The molecular formula is C21H18FN3OS. The number of rotatable bonds is 4. The molecule has 0 radical (unpaired) electrons. The fourth-order valence-corrected chi connectivity index (χ4v) is 3.93. The number of benzene rings is 2. The highest BCUT2D eigenvalue weighted by Crippen LogP contribution is 2.27. The number of amides is 1. The molecule has 6 heteroatoms. The molecule has 4 rings (SSSR count). The Bertz CT molecular complexity index is 1110. The van der Waals surface area contributed by atoms with E-state index in [0.29, 0.717) is 12.1 Å². The lowest BCUT2D eigenvalue weighted by Gasteiger charge is -2.05. The van der Waals surface area contributed by atoms with Gasteiger partial charge in [0, 0.05) is 27.9 Å². The number of imidazole rings is 1. The van der Waals surface area contributed by atoms with Gasteiger partial charge in [0.05, 0.1) is 12.2 Å². The van der Waals surface area contributed by atoms with Crippen LogP contribution in [0.15, 0.2) is 54.7 Å². The van der Waals surface area contributed by atoms with Crippen LogP contribution >= 0.6 is 11.3 Å². The number of halogens is 1. The van der Waals surface area contributed by atoms with Gasteiger partial charge in [-0.3, -0.25) is 9.20 Å². The van der Waals surface area contributed by atoms with Crippen molar-refractivity contribution in [1.82, 2.24) is 14.7 Å². The summed E-state index contributed by atoms with van der Waals surface area (Å²) in [4.78, 5) is 18.8. The molecule has 0 aliphatic rings. The minimum absolute atomic E-state index is 0.0903. The molecule has 0 unspecified atom stereocenters. The third-order valence-electron chi connectivity index (χ3n) is 4.52. The fourth-order valence-electron chi connectivity index (χ4n) is 2.89. The smallest absolute Gasteiger partial charge is 0.251 e. The van der Waals surface area contributed by atoms with E-state index < -0.39 is 0 Å². The molecule has 4 nitrogen and oxygen atoms in total. The lowest BCUT2D eigenvalue weighted by molar-refractivity contribution is 0.0951. The predicted molar refractivity (Wildman–Crippen MR) is 106 cm³/mol. The van der Waals surface area contributed by atoms with Gasteiger partial charge in [0.25, 0.3) is 5.91 Å². The van der Waals surface area contributed by atoms with Crippen molar-refractivity contribution in [3.63, 3.8) is 0 Å². The summed E-state index contributed by atoms with van der Waals surface area (Å²) in [6.45, 7) is 4.46. The molecule has 136 valence electrons. The summed E-state index contributed by atoms with van der Waals surface area (Å²) < 4.78 is 15.1. The normalized spacial score (nSPS) is 11.1. The highest BCUT2D eigenvalue weighted by atomic mass is 32.1. The Morgan fingerprint density at radius 3 is 2.48 bits per heavy atom. The van der Waals surface area contributed by atoms with Gasteiger partial charge in [-0.1, -0.05) is 29.0 Å². The number of aryl methyl sites for hydroxylation is 2. The van der Waals surface area contributed by atoms with Crippen molar-refractivity contribution in [3.05, 3.63) is 82.2 Å². The summed E-state index contributed by atoms with van der Waals surface area (Å²) in [5.41, 5.74) is 4.50. The van der Waals surface area contributed by atoms with E-state index >= 15 is 0 Å². The molecule has 2 heterocycles. The van der Waals surface area contributed by atoms with Crippen molar-refractivity contribution < 1.29 is 9.18 Å². The summed E-state index contributed by atoms with van der Waals surface area (Å²) in [5.74, 6) is -0.352. The minimum Gasteiger partial charge on any atom is -0.347 e. The Morgan fingerprint density at radius 2 is 1.81 bits per heavy atom. The average molecular weight is 379 g/mol. The van der Waals surface area contributed by atoms with Crippen molar-refractivity contribution in [2.24, 2.45) is 0 Å². The monoisotopic (exact) mass is 379 g/mol. The van der Waals surface area contributed by atoms with Crippen LogP contribution in [-0.4, -0.2) is 15.3 Å². The van der Waals surface area contributed by atoms with Crippen LogP contribution in [0.2, 0.25) is 0 Å². The molecule has 0 fully saturated rings. The van der Waals surface area contributed by atoms with E-state index in [-0.39, 0.29) is 11.7 Å². The number of carbonyl (C=O) groups excluding carboxylic acids is 1. The molecule has 0 bridgehead atoms. The lowest BCUT2D eigenvalue weighted by Crippen LogP contribution is -2.22. The molecule has 2 aromatic heterocycles. The minimum atomic E-state index is -0.262. The molecule has 0 aliphatic carbocycles. The second kappa shape index (κ2) is 6.96. The summed E-state index contributed by atoms with van der Waals surface area (Å²) in [5, 5.41) is 2.97. The molecule has 0 spiro atoms. The van der Waals surface area contributed by atoms with Gasteiger partial charge in [0.1, 0.15) is 5.82 Å². The summed E-state index contributed by atoms with van der Waals surface area (Å²) in [6.07, 6.45) is 1.94. The maximum atomic E-state index is 13.1. The molecule has 0 saturated heterocycles. The van der Waals surface area contributed by atoms with Crippen molar-refractivity contribution in [3.8, 4) is 11.3 Å². The van der Waals surface area contributed by atoms with Crippen molar-refractivity contribution in [2.75, 3.05) is 0 Å². The Hall–Kier alpha value is -2.99. The first kappa shape index (κ1) is 17.4. The number of nitrogens with zero attached hydrogens (tertiary/aromatic N) is 2. The summed E-state index contributed by atoms with van der Waals surface area (Å²) in [7, 11) is 0. The number of carbonyl (C=O) groups is 1. The van der Waals surface area contributed by atoms with E-state index in [1.807, 2.05) is 48.7 Å². The third-order valence-corrected chi connectivity index (χ3v) is 5.67. The number of nitrogens with one attached hydrogen (secondary N) is 1. The number of thiazole rings is 1. The molecule has 4 aromatic rings. The first-order chi connectivity index (χ1) is 13.0. The Morgan fingerprint density at radius 1 is 1.11 bits per heavy atom. The number of fused-ring (bicyclic) bond motifs is 1. The molecular weight excluding hydrogens is 361 g/mol. The molecule has 1 amide bonds. The van der Waals surface area contributed by atoms with Crippen LogP contribution in [0.3, 0.4) is 0 Å². The van der Waals surface area contributed by atoms with E-state index in [9.17, 15) is 9.18 Å². The SMILES string of the molecule is Cc1ccc(C(=O)NCc2sc3nc(-c4ccc(F)cc4)cn3c2C)cc1. The van der Waals surface area contributed by atoms with Gasteiger partial charge in [-0.05, 0) is 50.2 Å². The third kappa shape index (κ3) is 3.48. The van der Waals surface area contributed by atoms with Gasteiger partial charge in [0.2, 0.25) is 0 Å². The quantitative estimate of drug-likeness (QED) is 0.556. The molecule has 1 N–H and O–H groups in total. The van der Waals surface area contributed by atoms with Crippen LogP contribution in [-0.2, 0) is 6.54 Å². The maximum Gasteiger partial charge on any atom is 0.251 e. The van der Waals surface area contributed by atoms with Gasteiger partial charge >= 0.3 is 0 Å². The molecule has 2 aromatic carbocycles. The Labute approximate surface area is 160 Å². The zero-order valence-electron chi connectivity index (χ0n) is 15.0.